The molecule has 3 aliphatic carbocycles. The highest BCUT2D eigenvalue weighted by atomic mass is 32.1. The Hall–Kier alpha value is -1.05. The second kappa shape index (κ2) is 5.49. The zero-order chi connectivity index (χ0) is 19.1. The molecule has 1 heterocycles. The molecule has 0 aromatic rings. The van der Waals surface area contributed by atoms with Gasteiger partial charge in [-0.1, -0.05) is 13.0 Å². The van der Waals surface area contributed by atoms with E-state index in [0.29, 0.717) is 0 Å². The molecule has 1 N–H and O–H groups in total. The zero-order valence-electron chi connectivity index (χ0n) is 14.6. The normalized spacial score (nSPS) is 52.8. The summed E-state index contributed by atoms with van der Waals surface area (Å²) in [4.78, 5) is 23.6. The van der Waals surface area contributed by atoms with Crippen LogP contribution in [0, 0.1) is 22.7 Å². The van der Waals surface area contributed by atoms with Crippen LogP contribution in [0.1, 0.15) is 26.7 Å². The topological polar surface area (TPSA) is 63.6 Å². The van der Waals surface area contributed by atoms with Crippen molar-refractivity contribution in [3.05, 3.63) is 23.8 Å². The molecular formula is C19H22F2O4S. The fourth-order valence-corrected chi connectivity index (χ4v) is 6.32. The third kappa shape index (κ3) is 2.02. The third-order valence-electron chi connectivity index (χ3n) is 7.33. The van der Waals surface area contributed by atoms with Crippen LogP contribution < -0.4 is 0 Å². The summed E-state index contributed by atoms with van der Waals surface area (Å²) in [5.41, 5.74) is -4.26. The van der Waals surface area contributed by atoms with Crippen LogP contribution in [0.4, 0.5) is 8.78 Å². The van der Waals surface area contributed by atoms with Crippen LogP contribution in [0.15, 0.2) is 23.8 Å². The Morgan fingerprint density at radius 2 is 2.08 bits per heavy atom. The summed E-state index contributed by atoms with van der Waals surface area (Å²) in [6.45, 7) is 3.46. The summed E-state index contributed by atoms with van der Waals surface area (Å²) in [7, 11) is 0. The first-order valence-corrected chi connectivity index (χ1v) is 9.31. The standard InChI is InChI=1S/C19H22F2O4S/c1-17-7-14(23)19(21)10(12(17)8-25-15(17)16(24)26)6-13(20)11-5-9(22)3-4-18(11,19)2/h3-5,10,12-15,23H,6-8H2,1-2H3,(H,24,26)/t10?,12?,13-,14-,15?,17?,18?,19-/m0/s1. The van der Waals surface area contributed by atoms with Gasteiger partial charge in [0.15, 0.2) is 11.5 Å². The SMILES string of the molecule is CC12C[C@H](O)[C@@]3(F)C(C[C@H](F)C4=CC(=O)C=CC43C)C1COC2C(=O)S. The first kappa shape index (κ1) is 18.3. The van der Waals surface area contributed by atoms with Crippen LogP contribution in [0.25, 0.3) is 0 Å². The molecule has 2 saturated carbocycles. The van der Waals surface area contributed by atoms with Gasteiger partial charge in [-0.3, -0.25) is 9.59 Å². The van der Waals surface area contributed by atoms with Crippen molar-refractivity contribution < 1.29 is 28.2 Å². The first-order chi connectivity index (χ1) is 12.1. The number of fused-ring (bicyclic) bond motifs is 5. The molecule has 142 valence electrons. The lowest BCUT2D eigenvalue weighted by Crippen LogP contribution is -2.68. The fraction of sp³-hybridized carbons (Fsp3) is 0.684. The number of allylic oxidation sites excluding steroid dienone is 4. The van der Waals surface area contributed by atoms with E-state index < -0.39 is 51.8 Å². The predicted molar refractivity (Wildman–Crippen MR) is 93.1 cm³/mol. The monoisotopic (exact) mass is 384 g/mol. The van der Waals surface area contributed by atoms with Gasteiger partial charge in [-0.05, 0) is 43.4 Å². The van der Waals surface area contributed by atoms with Gasteiger partial charge in [-0.15, -0.1) is 12.6 Å². The van der Waals surface area contributed by atoms with Gasteiger partial charge < -0.3 is 9.84 Å². The quantitative estimate of drug-likeness (QED) is 0.682. The summed E-state index contributed by atoms with van der Waals surface area (Å²) in [6.07, 6.45) is -0.0728. The second-order valence-electron chi connectivity index (χ2n) is 8.50. The van der Waals surface area contributed by atoms with Crippen LogP contribution in [0.5, 0.6) is 0 Å². The molecule has 3 fully saturated rings. The summed E-state index contributed by atoms with van der Waals surface area (Å²) < 4.78 is 37.2. The van der Waals surface area contributed by atoms with Crippen LogP contribution in [0.2, 0.25) is 0 Å². The molecule has 8 atom stereocenters. The number of aliphatic hydroxyl groups excluding tert-OH is 1. The molecule has 0 radical (unpaired) electrons. The van der Waals surface area contributed by atoms with E-state index in [1.54, 1.807) is 13.8 Å². The summed E-state index contributed by atoms with van der Waals surface area (Å²) in [5.74, 6) is -1.62. The highest BCUT2D eigenvalue weighted by Gasteiger charge is 2.72. The largest absolute Gasteiger partial charge is 0.390 e. The van der Waals surface area contributed by atoms with E-state index in [0.717, 1.165) is 6.08 Å². The average Bonchev–Trinajstić information content (AvgIpc) is 2.89. The molecule has 26 heavy (non-hydrogen) atoms. The Morgan fingerprint density at radius 3 is 2.73 bits per heavy atom. The van der Waals surface area contributed by atoms with Crippen molar-refractivity contribution in [2.75, 3.05) is 6.61 Å². The number of hydrogen-bond donors (Lipinski definition) is 2. The highest BCUT2D eigenvalue weighted by Crippen LogP contribution is 2.67. The third-order valence-corrected chi connectivity index (χ3v) is 7.56. The lowest BCUT2D eigenvalue weighted by molar-refractivity contribution is -0.195. The van der Waals surface area contributed by atoms with Gasteiger partial charge in [0.05, 0.1) is 12.7 Å². The second-order valence-corrected chi connectivity index (χ2v) is 8.94. The molecule has 0 amide bonds. The van der Waals surface area contributed by atoms with Crippen molar-refractivity contribution >= 4 is 23.5 Å². The maximum Gasteiger partial charge on any atom is 0.215 e. The summed E-state index contributed by atoms with van der Waals surface area (Å²) in [5, 5.41) is 10.4. The van der Waals surface area contributed by atoms with Crippen molar-refractivity contribution in [2.24, 2.45) is 22.7 Å². The smallest absolute Gasteiger partial charge is 0.215 e. The highest BCUT2D eigenvalue weighted by molar-refractivity contribution is 7.96. The number of ether oxygens (including phenoxy) is 1. The van der Waals surface area contributed by atoms with Gasteiger partial charge in [0.1, 0.15) is 12.3 Å². The molecule has 4 rings (SSSR count). The van der Waals surface area contributed by atoms with Crippen LogP contribution in [-0.2, 0) is 14.3 Å². The maximum atomic E-state index is 16.6. The minimum absolute atomic E-state index is 0.0171. The van der Waals surface area contributed by atoms with Crippen LogP contribution in [0.3, 0.4) is 0 Å². The van der Waals surface area contributed by atoms with Crippen molar-refractivity contribution in [2.45, 2.75) is 50.7 Å². The average molecular weight is 384 g/mol. The number of halogens is 2. The van der Waals surface area contributed by atoms with Gasteiger partial charge in [-0.25, -0.2) is 8.78 Å². The molecule has 7 heteroatoms. The number of rotatable bonds is 1. The number of thiol groups is 1. The van der Waals surface area contributed by atoms with Crippen molar-refractivity contribution in [1.82, 2.24) is 0 Å². The van der Waals surface area contributed by atoms with Crippen molar-refractivity contribution in [3.8, 4) is 0 Å². The van der Waals surface area contributed by atoms with Crippen molar-refractivity contribution in [1.29, 1.82) is 0 Å². The van der Waals surface area contributed by atoms with E-state index in [1.807, 2.05) is 0 Å². The molecule has 0 aromatic heterocycles. The van der Waals surface area contributed by atoms with Crippen molar-refractivity contribution in [3.63, 3.8) is 0 Å². The molecular weight excluding hydrogens is 362 g/mol. The fourth-order valence-electron chi connectivity index (χ4n) is 5.95. The van der Waals surface area contributed by atoms with E-state index in [9.17, 15) is 14.7 Å². The Kier molecular flexibility index (Phi) is 3.87. The minimum Gasteiger partial charge on any atom is -0.390 e. The van der Waals surface area contributed by atoms with Crippen LogP contribution >= 0.6 is 12.6 Å². The van der Waals surface area contributed by atoms with Gasteiger partial charge in [0.25, 0.3) is 0 Å². The number of hydrogen-bond acceptors (Lipinski definition) is 4. The van der Waals surface area contributed by atoms with E-state index in [4.69, 9.17) is 4.74 Å². The number of carbonyl (C=O) groups is 2. The minimum atomic E-state index is -2.14. The lowest BCUT2D eigenvalue weighted by atomic mass is 9.45. The van der Waals surface area contributed by atoms with Gasteiger partial charge in [-0.2, -0.15) is 0 Å². The Balaban J connectivity index is 1.84. The first-order valence-electron chi connectivity index (χ1n) is 8.86. The van der Waals surface area contributed by atoms with Gasteiger partial charge in [0, 0.05) is 16.7 Å². The number of alkyl halides is 2. The molecule has 5 unspecified atom stereocenters. The molecule has 1 aliphatic heterocycles. The van der Waals surface area contributed by atoms with E-state index in [-0.39, 0.29) is 30.8 Å². The number of aliphatic hydroxyl groups is 1. The van der Waals surface area contributed by atoms with Crippen LogP contribution in [-0.4, -0.2) is 46.7 Å². The molecule has 1 saturated heterocycles. The Morgan fingerprint density at radius 1 is 1.38 bits per heavy atom. The predicted octanol–water partition coefficient (Wildman–Crippen LogP) is 2.37. The summed E-state index contributed by atoms with van der Waals surface area (Å²) >= 11 is 3.88. The Bertz CT molecular complexity index is 752. The zero-order valence-corrected chi connectivity index (χ0v) is 15.5. The van der Waals surface area contributed by atoms with Gasteiger partial charge >= 0.3 is 0 Å². The molecule has 0 bridgehead atoms. The van der Waals surface area contributed by atoms with E-state index in [2.05, 4.69) is 12.6 Å². The number of carbonyl (C=O) groups excluding carboxylic acids is 2. The summed E-state index contributed by atoms with van der Waals surface area (Å²) in [6, 6.07) is 0. The Labute approximate surface area is 156 Å². The molecule has 4 nitrogen and oxygen atoms in total. The van der Waals surface area contributed by atoms with Gasteiger partial charge in [0.2, 0.25) is 5.12 Å². The van der Waals surface area contributed by atoms with E-state index in [1.165, 1.54) is 12.2 Å². The molecule has 4 aliphatic rings. The maximum absolute atomic E-state index is 16.6. The van der Waals surface area contributed by atoms with E-state index >= 15 is 8.78 Å². The number of ketones is 1. The molecule has 0 spiro atoms. The molecule has 0 aromatic carbocycles. The lowest BCUT2D eigenvalue weighted by Gasteiger charge is -2.61.